The van der Waals surface area contributed by atoms with Crippen molar-refractivity contribution in [1.82, 2.24) is 4.90 Å². The first-order valence-corrected chi connectivity index (χ1v) is 6.34. The summed E-state index contributed by atoms with van der Waals surface area (Å²) in [5, 5.41) is 18.6. The van der Waals surface area contributed by atoms with E-state index in [9.17, 15) is 5.11 Å². The van der Waals surface area contributed by atoms with Gasteiger partial charge in [0.05, 0.1) is 6.61 Å². The van der Waals surface area contributed by atoms with Gasteiger partial charge in [0.25, 0.3) is 0 Å². The third-order valence-electron chi connectivity index (χ3n) is 3.14. The topological polar surface area (TPSA) is 43.7 Å². The van der Waals surface area contributed by atoms with Crippen molar-refractivity contribution < 1.29 is 10.2 Å². The Bertz CT molecular complexity index is 324. The lowest BCUT2D eigenvalue weighted by Crippen LogP contribution is -2.36. The van der Waals surface area contributed by atoms with Crippen molar-refractivity contribution in [2.45, 2.75) is 39.3 Å². The maximum atomic E-state index is 9.44. The third-order valence-corrected chi connectivity index (χ3v) is 3.14. The van der Waals surface area contributed by atoms with E-state index in [4.69, 9.17) is 5.11 Å². The molecule has 0 fully saturated rings. The van der Waals surface area contributed by atoms with Gasteiger partial charge in [-0.15, -0.1) is 0 Å². The Morgan fingerprint density at radius 2 is 1.94 bits per heavy atom. The van der Waals surface area contributed by atoms with Crippen LogP contribution in [-0.2, 0) is 6.54 Å². The van der Waals surface area contributed by atoms with E-state index >= 15 is 0 Å². The normalized spacial score (nSPS) is 11.4. The maximum Gasteiger partial charge on any atom is 0.115 e. The number of hydrogen-bond donors (Lipinski definition) is 2. The van der Waals surface area contributed by atoms with Crippen LogP contribution in [0.3, 0.4) is 0 Å². The second kappa shape index (κ2) is 7.30. The largest absolute Gasteiger partial charge is 0.508 e. The molecule has 1 rings (SSSR count). The highest BCUT2D eigenvalue weighted by Crippen LogP contribution is 2.16. The molecule has 0 bridgehead atoms. The summed E-state index contributed by atoms with van der Waals surface area (Å²) < 4.78 is 0. The molecule has 0 amide bonds. The van der Waals surface area contributed by atoms with Crippen LogP contribution in [0.1, 0.15) is 32.3 Å². The molecule has 3 nitrogen and oxygen atoms in total. The lowest BCUT2D eigenvalue weighted by molar-refractivity contribution is 0.136. The van der Waals surface area contributed by atoms with Gasteiger partial charge in [-0.1, -0.05) is 26.0 Å². The summed E-state index contributed by atoms with van der Waals surface area (Å²) in [5.41, 5.74) is 1.09. The molecule has 2 N–H and O–H groups in total. The molecule has 0 spiro atoms. The number of hydrogen-bond acceptors (Lipinski definition) is 3. The van der Waals surface area contributed by atoms with Crippen LogP contribution in [0.15, 0.2) is 24.3 Å². The molecule has 3 heteroatoms. The molecule has 0 aliphatic carbocycles. The van der Waals surface area contributed by atoms with Crippen molar-refractivity contribution in [2.24, 2.45) is 0 Å². The fraction of sp³-hybridized carbons (Fsp3) is 0.571. The summed E-state index contributed by atoms with van der Waals surface area (Å²) in [5.74, 6) is 0.302. The van der Waals surface area contributed by atoms with Gasteiger partial charge >= 0.3 is 0 Å². The second-order valence-corrected chi connectivity index (χ2v) is 4.33. The maximum absolute atomic E-state index is 9.44. The number of aliphatic hydroxyl groups is 1. The molecular weight excluding hydrogens is 214 g/mol. The zero-order valence-electron chi connectivity index (χ0n) is 10.8. The highest BCUT2D eigenvalue weighted by molar-refractivity contribution is 5.27. The molecule has 0 saturated carbocycles. The molecule has 0 aliphatic heterocycles. The fourth-order valence-corrected chi connectivity index (χ4v) is 2.21. The van der Waals surface area contributed by atoms with Crippen LogP contribution in [0.4, 0.5) is 0 Å². The number of aromatic hydroxyl groups is 1. The summed E-state index contributed by atoms with van der Waals surface area (Å²) in [6, 6.07) is 7.81. The fourth-order valence-electron chi connectivity index (χ4n) is 2.21. The summed E-state index contributed by atoms with van der Waals surface area (Å²) >= 11 is 0. The molecule has 0 heterocycles. The highest BCUT2D eigenvalue weighted by atomic mass is 16.3. The molecule has 0 aliphatic rings. The van der Waals surface area contributed by atoms with Crippen molar-refractivity contribution in [3.63, 3.8) is 0 Å². The van der Waals surface area contributed by atoms with Gasteiger partial charge < -0.3 is 10.2 Å². The minimum atomic E-state index is 0.176. The first-order valence-electron chi connectivity index (χ1n) is 6.34. The van der Waals surface area contributed by atoms with Crippen molar-refractivity contribution in [3.05, 3.63) is 29.8 Å². The monoisotopic (exact) mass is 237 g/mol. The molecule has 1 aromatic rings. The lowest BCUT2D eigenvalue weighted by atomic mass is 10.1. The standard InChI is InChI=1S/C14H23NO2/c1-3-13(4-2)15(8-9-16)11-12-6-5-7-14(17)10-12/h5-7,10,13,16-17H,3-4,8-9,11H2,1-2H3. The molecular formula is C14H23NO2. The van der Waals surface area contributed by atoms with E-state index in [1.165, 1.54) is 0 Å². The summed E-state index contributed by atoms with van der Waals surface area (Å²) in [6.07, 6.45) is 2.16. The molecule has 0 saturated heterocycles. The zero-order chi connectivity index (χ0) is 12.7. The van der Waals surface area contributed by atoms with Gasteiger partial charge in [-0.3, -0.25) is 4.90 Å². The average molecular weight is 237 g/mol. The Balaban J connectivity index is 2.71. The van der Waals surface area contributed by atoms with Gasteiger partial charge in [0.1, 0.15) is 5.75 Å². The van der Waals surface area contributed by atoms with Crippen molar-refractivity contribution >= 4 is 0 Å². The molecule has 0 radical (unpaired) electrons. The van der Waals surface area contributed by atoms with E-state index in [0.29, 0.717) is 18.3 Å². The Labute approximate surface area is 104 Å². The predicted molar refractivity (Wildman–Crippen MR) is 70.0 cm³/mol. The van der Waals surface area contributed by atoms with Crippen LogP contribution < -0.4 is 0 Å². The van der Waals surface area contributed by atoms with Crippen LogP contribution >= 0.6 is 0 Å². The van der Waals surface area contributed by atoms with E-state index in [2.05, 4.69) is 18.7 Å². The number of benzene rings is 1. The van der Waals surface area contributed by atoms with E-state index < -0.39 is 0 Å². The van der Waals surface area contributed by atoms with E-state index in [-0.39, 0.29) is 6.61 Å². The SMILES string of the molecule is CCC(CC)N(CCO)Cc1cccc(O)c1. The average Bonchev–Trinajstić information content (AvgIpc) is 2.31. The highest BCUT2D eigenvalue weighted by Gasteiger charge is 2.14. The van der Waals surface area contributed by atoms with Crippen LogP contribution in [0.25, 0.3) is 0 Å². The number of phenols is 1. The van der Waals surface area contributed by atoms with Gasteiger partial charge in [0.2, 0.25) is 0 Å². The summed E-state index contributed by atoms with van der Waals surface area (Å²) in [7, 11) is 0. The van der Waals surface area contributed by atoms with Gasteiger partial charge in [-0.2, -0.15) is 0 Å². The van der Waals surface area contributed by atoms with Crippen LogP contribution in [0.2, 0.25) is 0 Å². The van der Waals surface area contributed by atoms with Gasteiger partial charge in [0.15, 0.2) is 0 Å². The molecule has 0 aromatic heterocycles. The first-order chi connectivity index (χ1) is 8.21. The predicted octanol–water partition coefficient (Wildman–Crippen LogP) is 2.38. The Kier molecular flexibility index (Phi) is 6.01. The Morgan fingerprint density at radius 1 is 1.24 bits per heavy atom. The lowest BCUT2D eigenvalue weighted by Gasteiger charge is -2.29. The van der Waals surface area contributed by atoms with Crippen LogP contribution in [0.5, 0.6) is 5.75 Å². The molecule has 96 valence electrons. The quantitative estimate of drug-likeness (QED) is 0.765. The molecule has 1 aromatic carbocycles. The van der Waals surface area contributed by atoms with Gasteiger partial charge in [-0.25, -0.2) is 0 Å². The summed E-state index contributed by atoms with van der Waals surface area (Å²) in [6.45, 7) is 5.97. The minimum Gasteiger partial charge on any atom is -0.508 e. The van der Waals surface area contributed by atoms with Crippen molar-refractivity contribution in [3.8, 4) is 5.75 Å². The van der Waals surface area contributed by atoms with Crippen molar-refractivity contribution in [2.75, 3.05) is 13.2 Å². The number of phenolic OH excluding ortho intramolecular Hbond substituents is 1. The molecule has 0 atom stereocenters. The minimum absolute atomic E-state index is 0.176. The van der Waals surface area contributed by atoms with Gasteiger partial charge in [-0.05, 0) is 30.5 Å². The van der Waals surface area contributed by atoms with Crippen molar-refractivity contribution in [1.29, 1.82) is 0 Å². The third kappa shape index (κ3) is 4.36. The summed E-state index contributed by atoms with van der Waals surface area (Å²) in [4.78, 5) is 2.27. The second-order valence-electron chi connectivity index (χ2n) is 4.33. The van der Waals surface area contributed by atoms with E-state index in [1.807, 2.05) is 12.1 Å². The number of rotatable bonds is 7. The van der Waals surface area contributed by atoms with E-state index in [1.54, 1.807) is 12.1 Å². The van der Waals surface area contributed by atoms with Crippen LogP contribution in [0, 0.1) is 0 Å². The van der Waals surface area contributed by atoms with Gasteiger partial charge in [0, 0.05) is 19.1 Å². The Morgan fingerprint density at radius 3 is 2.47 bits per heavy atom. The molecule has 17 heavy (non-hydrogen) atoms. The smallest absolute Gasteiger partial charge is 0.115 e. The zero-order valence-corrected chi connectivity index (χ0v) is 10.8. The number of nitrogens with zero attached hydrogens (tertiary/aromatic N) is 1. The first kappa shape index (κ1) is 14.0. The Hall–Kier alpha value is -1.06. The van der Waals surface area contributed by atoms with Crippen LogP contribution in [-0.4, -0.2) is 34.3 Å². The molecule has 0 unspecified atom stereocenters. The van der Waals surface area contributed by atoms with E-state index in [0.717, 1.165) is 24.9 Å². The number of aliphatic hydroxyl groups excluding tert-OH is 1.